The van der Waals surface area contributed by atoms with Crippen molar-refractivity contribution in [1.29, 1.82) is 0 Å². The summed E-state index contributed by atoms with van der Waals surface area (Å²) in [7, 11) is 1.51. The van der Waals surface area contributed by atoms with Crippen molar-refractivity contribution >= 4 is 29.3 Å². The lowest BCUT2D eigenvalue weighted by Gasteiger charge is -2.38. The lowest BCUT2D eigenvalue weighted by molar-refractivity contribution is -0.138. The Morgan fingerprint density at radius 1 is 0.853 bits per heavy atom. The third kappa shape index (κ3) is 4.97. The van der Waals surface area contributed by atoms with E-state index >= 15 is 0 Å². The van der Waals surface area contributed by atoms with Crippen LogP contribution in [-0.2, 0) is 4.79 Å². The van der Waals surface area contributed by atoms with Crippen molar-refractivity contribution < 1.29 is 24.2 Å². The first-order chi connectivity index (χ1) is 16.4. The van der Waals surface area contributed by atoms with Gasteiger partial charge in [0.2, 0.25) is 5.91 Å². The minimum absolute atomic E-state index is 0.0392. The Balaban J connectivity index is 1.30. The highest BCUT2D eigenvalue weighted by Crippen LogP contribution is 2.27. The smallest absolute Gasteiger partial charge is 0.257 e. The van der Waals surface area contributed by atoms with E-state index in [1.807, 2.05) is 0 Å². The molecule has 0 radical (unpaired) electrons. The van der Waals surface area contributed by atoms with E-state index in [1.54, 1.807) is 51.1 Å². The molecular formula is C25H28ClN3O5. The summed E-state index contributed by atoms with van der Waals surface area (Å²) in [6, 6.07) is 11.4. The summed E-state index contributed by atoms with van der Waals surface area (Å²) in [6.45, 7) is 2.72. The molecule has 2 aromatic rings. The van der Waals surface area contributed by atoms with Crippen LogP contribution in [0.4, 0.5) is 0 Å². The van der Waals surface area contributed by atoms with Crippen molar-refractivity contribution in [2.24, 2.45) is 5.92 Å². The molecule has 0 aromatic heterocycles. The number of nitrogens with zero attached hydrogens (tertiary/aromatic N) is 3. The molecule has 3 amide bonds. The van der Waals surface area contributed by atoms with Crippen LogP contribution in [0.3, 0.4) is 0 Å². The molecular weight excluding hydrogens is 458 g/mol. The predicted molar refractivity (Wildman–Crippen MR) is 127 cm³/mol. The number of piperidine rings is 1. The van der Waals surface area contributed by atoms with E-state index in [2.05, 4.69) is 0 Å². The van der Waals surface area contributed by atoms with Crippen LogP contribution >= 0.6 is 11.6 Å². The van der Waals surface area contributed by atoms with Crippen molar-refractivity contribution in [3.05, 3.63) is 58.6 Å². The molecule has 2 aliphatic rings. The Labute approximate surface area is 203 Å². The van der Waals surface area contributed by atoms with Gasteiger partial charge in [-0.3, -0.25) is 14.4 Å². The number of carbonyl (C=O) groups is 3. The fraction of sp³-hybridized carbons (Fsp3) is 0.400. The van der Waals surface area contributed by atoms with Crippen LogP contribution < -0.4 is 4.74 Å². The van der Waals surface area contributed by atoms with Gasteiger partial charge in [0.1, 0.15) is 11.5 Å². The lowest BCUT2D eigenvalue weighted by atomic mass is 9.94. The van der Waals surface area contributed by atoms with Gasteiger partial charge in [-0.2, -0.15) is 0 Å². The Morgan fingerprint density at radius 2 is 1.44 bits per heavy atom. The highest BCUT2D eigenvalue weighted by atomic mass is 35.5. The SMILES string of the molecule is COc1ccc(Cl)cc1C(=O)N1CCC(C(=O)N2CCN(C(=O)c3ccccc3O)CC2)CC1. The number of phenols is 1. The summed E-state index contributed by atoms with van der Waals surface area (Å²) in [5.41, 5.74) is 0.695. The van der Waals surface area contributed by atoms with E-state index in [-0.39, 0.29) is 35.0 Å². The van der Waals surface area contributed by atoms with Crippen LogP contribution in [0.25, 0.3) is 0 Å². The van der Waals surface area contributed by atoms with Crippen molar-refractivity contribution in [3.63, 3.8) is 0 Å². The van der Waals surface area contributed by atoms with E-state index in [0.29, 0.717) is 68.4 Å². The number of methoxy groups -OCH3 is 1. The highest BCUT2D eigenvalue weighted by molar-refractivity contribution is 6.31. The maximum atomic E-state index is 13.1. The first-order valence-electron chi connectivity index (χ1n) is 11.4. The molecule has 1 N–H and O–H groups in total. The molecule has 8 nitrogen and oxygen atoms in total. The third-order valence-corrected chi connectivity index (χ3v) is 6.77. The van der Waals surface area contributed by atoms with E-state index in [0.717, 1.165) is 0 Å². The fourth-order valence-corrected chi connectivity index (χ4v) is 4.73. The second-order valence-corrected chi connectivity index (χ2v) is 8.98. The number of benzene rings is 2. The van der Waals surface area contributed by atoms with Gasteiger partial charge in [0.05, 0.1) is 18.2 Å². The van der Waals surface area contributed by atoms with E-state index < -0.39 is 0 Å². The normalized spacial score (nSPS) is 16.9. The van der Waals surface area contributed by atoms with Gasteiger partial charge in [-0.15, -0.1) is 0 Å². The molecule has 0 atom stereocenters. The zero-order valence-corrected chi connectivity index (χ0v) is 19.8. The van der Waals surface area contributed by atoms with Gasteiger partial charge >= 0.3 is 0 Å². The molecule has 34 heavy (non-hydrogen) atoms. The van der Waals surface area contributed by atoms with Gasteiger partial charge < -0.3 is 24.5 Å². The van der Waals surface area contributed by atoms with Gasteiger partial charge in [0, 0.05) is 50.2 Å². The largest absolute Gasteiger partial charge is 0.507 e. The fourth-order valence-electron chi connectivity index (χ4n) is 4.56. The molecule has 2 saturated heterocycles. The summed E-state index contributed by atoms with van der Waals surface area (Å²) < 4.78 is 5.30. The van der Waals surface area contributed by atoms with Crippen LogP contribution in [0.15, 0.2) is 42.5 Å². The van der Waals surface area contributed by atoms with Gasteiger partial charge in [-0.1, -0.05) is 23.7 Å². The second-order valence-electron chi connectivity index (χ2n) is 8.55. The number of hydrogen-bond donors (Lipinski definition) is 1. The molecule has 2 aromatic carbocycles. The Hall–Kier alpha value is -3.26. The first kappa shape index (κ1) is 23.9. The summed E-state index contributed by atoms with van der Waals surface area (Å²) >= 11 is 6.07. The second kappa shape index (κ2) is 10.3. The predicted octanol–water partition coefficient (Wildman–Crippen LogP) is 2.89. The molecule has 0 aliphatic carbocycles. The molecule has 2 fully saturated rings. The molecule has 2 heterocycles. The number of halogens is 1. The number of rotatable bonds is 4. The number of ether oxygens (including phenoxy) is 1. The minimum atomic E-state index is -0.228. The summed E-state index contributed by atoms with van der Waals surface area (Å²) in [6.07, 6.45) is 1.18. The summed E-state index contributed by atoms with van der Waals surface area (Å²) in [5.74, 6) is -0.0191. The first-order valence-corrected chi connectivity index (χ1v) is 11.8. The maximum absolute atomic E-state index is 13.1. The van der Waals surface area contributed by atoms with Gasteiger partial charge in [0.15, 0.2) is 0 Å². The third-order valence-electron chi connectivity index (χ3n) is 6.54. The zero-order chi connectivity index (χ0) is 24.2. The van der Waals surface area contributed by atoms with Crippen molar-refractivity contribution in [2.45, 2.75) is 12.8 Å². The molecule has 180 valence electrons. The number of likely N-dealkylation sites (tertiary alicyclic amines) is 1. The van der Waals surface area contributed by atoms with Gasteiger partial charge in [-0.25, -0.2) is 0 Å². The van der Waals surface area contributed by atoms with Crippen LogP contribution in [0.1, 0.15) is 33.6 Å². The van der Waals surface area contributed by atoms with E-state index in [4.69, 9.17) is 16.3 Å². The van der Waals surface area contributed by atoms with E-state index in [9.17, 15) is 19.5 Å². The number of amides is 3. The highest BCUT2D eigenvalue weighted by Gasteiger charge is 2.33. The Morgan fingerprint density at radius 3 is 2.09 bits per heavy atom. The van der Waals surface area contributed by atoms with Crippen LogP contribution in [0.5, 0.6) is 11.5 Å². The van der Waals surface area contributed by atoms with Gasteiger partial charge in [-0.05, 0) is 43.2 Å². The molecule has 0 spiro atoms. The number of carbonyl (C=O) groups excluding carboxylic acids is 3. The zero-order valence-electron chi connectivity index (χ0n) is 19.1. The molecule has 0 saturated carbocycles. The van der Waals surface area contributed by atoms with Crippen molar-refractivity contribution in [2.75, 3.05) is 46.4 Å². The average molecular weight is 486 g/mol. The van der Waals surface area contributed by atoms with Crippen molar-refractivity contribution in [3.8, 4) is 11.5 Å². The standard InChI is InChI=1S/C25H28ClN3O5/c1-34-22-7-6-18(26)16-20(22)25(33)27-10-8-17(9-11-27)23(31)28-12-14-29(15-13-28)24(32)19-4-2-3-5-21(19)30/h2-7,16-17,30H,8-15H2,1H3. The lowest BCUT2D eigenvalue weighted by Crippen LogP contribution is -2.53. The van der Waals surface area contributed by atoms with Crippen molar-refractivity contribution in [1.82, 2.24) is 14.7 Å². The van der Waals surface area contributed by atoms with Crippen LogP contribution in [0, 0.1) is 5.92 Å². The number of para-hydroxylation sites is 1. The molecule has 4 rings (SSSR count). The topological polar surface area (TPSA) is 90.4 Å². The minimum Gasteiger partial charge on any atom is -0.507 e. The maximum Gasteiger partial charge on any atom is 0.257 e. The Kier molecular flexibility index (Phi) is 7.26. The number of phenolic OH excluding ortho intramolecular Hbond substituents is 1. The Bertz CT molecular complexity index is 1080. The molecule has 0 bridgehead atoms. The monoisotopic (exact) mass is 485 g/mol. The molecule has 0 unspecified atom stereocenters. The summed E-state index contributed by atoms with van der Waals surface area (Å²) in [4.78, 5) is 44.0. The van der Waals surface area contributed by atoms with Crippen LogP contribution in [-0.4, -0.2) is 83.9 Å². The number of piperazine rings is 1. The number of hydrogen-bond acceptors (Lipinski definition) is 5. The van der Waals surface area contributed by atoms with Gasteiger partial charge in [0.25, 0.3) is 11.8 Å². The van der Waals surface area contributed by atoms with E-state index in [1.165, 1.54) is 13.2 Å². The molecule has 2 aliphatic heterocycles. The number of aromatic hydroxyl groups is 1. The molecule has 9 heteroatoms. The summed E-state index contributed by atoms with van der Waals surface area (Å²) in [5, 5.41) is 10.4. The average Bonchev–Trinajstić information content (AvgIpc) is 2.88. The quantitative estimate of drug-likeness (QED) is 0.719. The van der Waals surface area contributed by atoms with Crippen LogP contribution in [0.2, 0.25) is 5.02 Å².